The van der Waals surface area contributed by atoms with E-state index >= 15 is 0 Å². The number of carbonyl (C=O) groups excluding carboxylic acids is 1. The van der Waals surface area contributed by atoms with Gasteiger partial charge in [0.2, 0.25) is 0 Å². The molecule has 0 radical (unpaired) electrons. The third kappa shape index (κ3) is 3.55. The van der Waals surface area contributed by atoms with Gasteiger partial charge in [0.15, 0.2) is 5.78 Å². The van der Waals surface area contributed by atoms with Gasteiger partial charge in [0, 0.05) is 23.6 Å². The minimum Gasteiger partial charge on any atom is -0.359 e. The first-order valence-corrected chi connectivity index (χ1v) is 12.5. The average Bonchev–Trinajstić information content (AvgIpc) is 3.72. The fourth-order valence-corrected chi connectivity index (χ4v) is 6.27. The molecular formula is C32H25N3O. The second-order valence-corrected chi connectivity index (χ2v) is 9.80. The van der Waals surface area contributed by atoms with E-state index in [1.807, 2.05) is 60.7 Å². The van der Waals surface area contributed by atoms with Crippen molar-refractivity contribution < 1.29 is 4.79 Å². The van der Waals surface area contributed by atoms with E-state index in [1.54, 1.807) is 0 Å². The van der Waals surface area contributed by atoms with Crippen LogP contribution < -0.4 is 0 Å². The predicted octanol–water partition coefficient (Wildman–Crippen LogP) is 6.43. The topological polar surface area (TPSA) is 67.9 Å². The molecule has 3 aromatic carbocycles. The standard InChI is InChI=1S/C32H25N3O/c33-19-25(20-34)27(23-15-16-23)29-28(22-10-3-1-4-11-22)31(32(36)24-12-5-2-6-13-24)35-18-17-21-9-7-8-14-26(21)30(29)35/h1-14,17-18,23,28-31H,15-16H2/t28-,29+,30-,31-/m0/s1. The molecule has 2 heterocycles. The molecule has 0 unspecified atom stereocenters. The number of ketones is 1. The Kier molecular flexibility index (Phi) is 5.51. The van der Waals surface area contributed by atoms with E-state index in [1.165, 1.54) is 0 Å². The lowest BCUT2D eigenvalue weighted by Gasteiger charge is -2.35. The summed E-state index contributed by atoms with van der Waals surface area (Å²) < 4.78 is 0. The van der Waals surface area contributed by atoms with Crippen molar-refractivity contribution in [2.45, 2.75) is 30.8 Å². The summed E-state index contributed by atoms with van der Waals surface area (Å²) in [4.78, 5) is 16.4. The highest BCUT2D eigenvalue weighted by Gasteiger charge is 2.56. The Morgan fingerprint density at radius 2 is 1.47 bits per heavy atom. The zero-order chi connectivity index (χ0) is 24.6. The zero-order valence-electron chi connectivity index (χ0n) is 19.8. The molecule has 0 N–H and O–H groups in total. The molecule has 6 rings (SSSR count). The van der Waals surface area contributed by atoms with E-state index in [4.69, 9.17) is 0 Å². The van der Waals surface area contributed by atoms with Crippen molar-refractivity contribution in [1.29, 1.82) is 10.5 Å². The highest BCUT2D eigenvalue weighted by molar-refractivity contribution is 6.01. The summed E-state index contributed by atoms with van der Waals surface area (Å²) in [7, 11) is 0. The normalized spacial score (nSPS) is 23.7. The van der Waals surface area contributed by atoms with Gasteiger partial charge in [-0.15, -0.1) is 0 Å². The molecule has 4 atom stereocenters. The second-order valence-electron chi connectivity index (χ2n) is 9.80. The molecular weight excluding hydrogens is 442 g/mol. The van der Waals surface area contributed by atoms with Crippen LogP contribution in [0, 0.1) is 34.5 Å². The number of hydrogen-bond donors (Lipinski definition) is 0. The molecule has 1 aliphatic carbocycles. The fourth-order valence-electron chi connectivity index (χ4n) is 6.27. The summed E-state index contributed by atoms with van der Waals surface area (Å²) in [6, 6.07) is 31.8. The van der Waals surface area contributed by atoms with Crippen LogP contribution in [0.4, 0.5) is 0 Å². The predicted molar refractivity (Wildman–Crippen MR) is 138 cm³/mol. The zero-order valence-corrected chi connectivity index (χ0v) is 19.8. The van der Waals surface area contributed by atoms with Gasteiger partial charge in [-0.3, -0.25) is 4.79 Å². The third-order valence-corrected chi connectivity index (χ3v) is 7.85. The van der Waals surface area contributed by atoms with Crippen LogP contribution in [0.3, 0.4) is 0 Å². The van der Waals surface area contributed by atoms with E-state index in [2.05, 4.69) is 53.6 Å². The molecule has 36 heavy (non-hydrogen) atoms. The quantitative estimate of drug-likeness (QED) is 0.320. The van der Waals surface area contributed by atoms with E-state index in [0.29, 0.717) is 5.56 Å². The number of Topliss-reactive ketones (excluding diaryl/α,β-unsaturated/α-hetero) is 1. The smallest absolute Gasteiger partial charge is 0.185 e. The van der Waals surface area contributed by atoms with Crippen molar-refractivity contribution in [3.05, 3.63) is 125 Å². The number of nitriles is 2. The Balaban J connectivity index is 1.63. The van der Waals surface area contributed by atoms with Gasteiger partial charge in [-0.2, -0.15) is 10.5 Å². The van der Waals surface area contributed by atoms with Crippen molar-refractivity contribution >= 4 is 11.9 Å². The SMILES string of the molecule is N#CC(C#N)=C(C1CC1)[C@@H]1[C@H](c2ccccc2)[C@@H](C(=O)c2ccccc2)N2C=Cc3ccccc3[C@@H]12. The molecule has 4 heteroatoms. The van der Waals surface area contributed by atoms with Crippen LogP contribution in [0.1, 0.15) is 51.8 Å². The van der Waals surface area contributed by atoms with Gasteiger partial charge in [-0.05, 0) is 47.1 Å². The summed E-state index contributed by atoms with van der Waals surface area (Å²) in [6.45, 7) is 0. The summed E-state index contributed by atoms with van der Waals surface area (Å²) in [5.74, 6) is -0.0995. The molecule has 0 amide bonds. The first-order valence-electron chi connectivity index (χ1n) is 12.5. The van der Waals surface area contributed by atoms with Gasteiger partial charge in [-0.25, -0.2) is 0 Å². The Morgan fingerprint density at radius 3 is 2.14 bits per heavy atom. The van der Waals surface area contributed by atoms with Crippen molar-refractivity contribution in [3.63, 3.8) is 0 Å². The summed E-state index contributed by atoms with van der Waals surface area (Å²) >= 11 is 0. The van der Waals surface area contributed by atoms with E-state index < -0.39 is 6.04 Å². The van der Waals surface area contributed by atoms with E-state index in [0.717, 1.165) is 35.1 Å². The highest BCUT2D eigenvalue weighted by Crippen LogP contribution is 2.59. The molecule has 1 saturated heterocycles. The maximum atomic E-state index is 14.2. The Labute approximate surface area is 211 Å². The summed E-state index contributed by atoms with van der Waals surface area (Å²) in [5, 5.41) is 20.0. The van der Waals surface area contributed by atoms with Crippen molar-refractivity contribution in [2.75, 3.05) is 0 Å². The number of rotatable bonds is 5. The first kappa shape index (κ1) is 22.1. The fraction of sp³-hybridized carbons (Fsp3) is 0.219. The van der Waals surface area contributed by atoms with Gasteiger partial charge in [0.1, 0.15) is 17.7 Å². The monoisotopic (exact) mass is 467 g/mol. The maximum Gasteiger partial charge on any atom is 0.185 e. The second kappa shape index (κ2) is 8.99. The number of fused-ring (bicyclic) bond motifs is 3. The van der Waals surface area contributed by atoms with Crippen LogP contribution in [0.2, 0.25) is 0 Å². The highest BCUT2D eigenvalue weighted by atomic mass is 16.1. The average molecular weight is 468 g/mol. The number of benzene rings is 3. The number of nitrogens with zero attached hydrogens (tertiary/aromatic N) is 3. The number of hydrogen-bond acceptors (Lipinski definition) is 4. The summed E-state index contributed by atoms with van der Waals surface area (Å²) in [6.07, 6.45) is 6.08. The van der Waals surface area contributed by atoms with Crippen molar-refractivity contribution in [2.24, 2.45) is 11.8 Å². The molecule has 3 aromatic rings. The Morgan fingerprint density at radius 1 is 0.833 bits per heavy atom. The number of carbonyl (C=O) groups is 1. The molecule has 174 valence electrons. The van der Waals surface area contributed by atoms with Crippen LogP contribution in [0.25, 0.3) is 6.08 Å². The largest absolute Gasteiger partial charge is 0.359 e. The molecule has 2 aliphatic heterocycles. The van der Waals surface area contributed by atoms with Crippen LogP contribution in [0.15, 0.2) is 102 Å². The van der Waals surface area contributed by atoms with Gasteiger partial charge >= 0.3 is 0 Å². The lowest BCUT2D eigenvalue weighted by Crippen LogP contribution is -2.37. The van der Waals surface area contributed by atoms with Crippen molar-refractivity contribution in [3.8, 4) is 12.1 Å². The maximum absolute atomic E-state index is 14.2. The molecule has 0 spiro atoms. The third-order valence-electron chi connectivity index (χ3n) is 7.85. The molecule has 4 nitrogen and oxygen atoms in total. The molecule has 3 aliphatic rings. The van der Waals surface area contributed by atoms with Crippen LogP contribution in [-0.2, 0) is 0 Å². The minimum absolute atomic E-state index is 0.0617. The lowest BCUT2D eigenvalue weighted by atomic mass is 9.72. The van der Waals surface area contributed by atoms with Crippen LogP contribution >= 0.6 is 0 Å². The Hall–Kier alpha value is -4.41. The van der Waals surface area contributed by atoms with Gasteiger partial charge < -0.3 is 4.90 Å². The molecule has 1 saturated carbocycles. The summed E-state index contributed by atoms with van der Waals surface area (Å²) in [5.41, 5.74) is 5.13. The van der Waals surface area contributed by atoms with Gasteiger partial charge in [0.05, 0.1) is 12.1 Å². The molecule has 0 bridgehead atoms. The Bertz CT molecular complexity index is 1440. The minimum atomic E-state index is -0.457. The number of allylic oxidation sites excluding steroid dienone is 1. The molecule has 0 aromatic heterocycles. The molecule has 2 fully saturated rings. The van der Waals surface area contributed by atoms with Crippen LogP contribution in [-0.4, -0.2) is 16.7 Å². The van der Waals surface area contributed by atoms with E-state index in [9.17, 15) is 15.3 Å². The first-order chi connectivity index (χ1) is 17.7. The van der Waals surface area contributed by atoms with Gasteiger partial charge in [0.25, 0.3) is 0 Å². The van der Waals surface area contributed by atoms with E-state index in [-0.39, 0.29) is 35.2 Å². The lowest BCUT2D eigenvalue weighted by molar-refractivity contribution is 0.0874. The van der Waals surface area contributed by atoms with Gasteiger partial charge in [-0.1, -0.05) is 84.9 Å². The van der Waals surface area contributed by atoms with Crippen LogP contribution in [0.5, 0.6) is 0 Å². The van der Waals surface area contributed by atoms with Crippen molar-refractivity contribution in [1.82, 2.24) is 4.90 Å².